The highest BCUT2D eigenvalue weighted by Crippen LogP contribution is 2.21. The summed E-state index contributed by atoms with van der Waals surface area (Å²) in [4.78, 5) is 14.5. The Kier molecular flexibility index (Phi) is 5.38. The summed E-state index contributed by atoms with van der Waals surface area (Å²) in [6.45, 7) is 0.459. The molecule has 0 spiro atoms. The van der Waals surface area contributed by atoms with Crippen LogP contribution in [-0.2, 0) is 0 Å². The van der Waals surface area contributed by atoms with Gasteiger partial charge in [-0.2, -0.15) is 5.10 Å². The van der Waals surface area contributed by atoms with E-state index in [-0.39, 0.29) is 11.9 Å². The van der Waals surface area contributed by atoms with E-state index in [4.69, 9.17) is 9.15 Å². The molecule has 26 heavy (non-hydrogen) atoms. The molecule has 2 aromatic heterocycles. The molecule has 0 radical (unpaired) electrons. The van der Waals surface area contributed by atoms with Gasteiger partial charge in [0.15, 0.2) is 11.5 Å². The molecule has 0 saturated heterocycles. The molecule has 0 bridgehead atoms. The maximum Gasteiger partial charge on any atom is 0.271 e. The number of amides is 1. The van der Waals surface area contributed by atoms with Crippen LogP contribution in [0.15, 0.2) is 53.1 Å². The molecule has 7 nitrogen and oxygen atoms in total. The number of aromatic nitrogens is 2. The van der Waals surface area contributed by atoms with Crippen molar-refractivity contribution < 1.29 is 13.9 Å². The van der Waals surface area contributed by atoms with Crippen LogP contribution in [0, 0.1) is 0 Å². The lowest BCUT2D eigenvalue weighted by molar-refractivity contribution is 0.0937. The summed E-state index contributed by atoms with van der Waals surface area (Å²) >= 11 is 0. The molecule has 0 fully saturated rings. The van der Waals surface area contributed by atoms with Crippen LogP contribution in [-0.4, -0.2) is 48.8 Å². The van der Waals surface area contributed by atoms with Crippen molar-refractivity contribution in [2.24, 2.45) is 0 Å². The normalized spacial score (nSPS) is 12.2. The lowest BCUT2D eigenvalue weighted by Gasteiger charge is -2.25. The lowest BCUT2D eigenvalue weighted by Crippen LogP contribution is -2.34. The molecule has 1 atom stereocenters. The number of nitrogens with one attached hydrogen (secondary N) is 2. The van der Waals surface area contributed by atoms with Crippen molar-refractivity contribution in [3.63, 3.8) is 0 Å². The lowest BCUT2D eigenvalue weighted by atomic mass is 10.1. The van der Waals surface area contributed by atoms with Gasteiger partial charge in [0.2, 0.25) is 0 Å². The van der Waals surface area contributed by atoms with Gasteiger partial charge >= 0.3 is 0 Å². The van der Waals surface area contributed by atoms with Crippen LogP contribution in [0.3, 0.4) is 0 Å². The van der Waals surface area contributed by atoms with Crippen molar-refractivity contribution in [1.29, 1.82) is 0 Å². The molecule has 0 aliphatic rings. The van der Waals surface area contributed by atoms with E-state index in [1.807, 2.05) is 38.4 Å². The summed E-state index contributed by atoms with van der Waals surface area (Å²) in [5.74, 6) is 1.21. The second kappa shape index (κ2) is 7.88. The fourth-order valence-electron chi connectivity index (χ4n) is 2.70. The zero-order valence-corrected chi connectivity index (χ0v) is 15.0. The Morgan fingerprint density at radius 3 is 2.69 bits per heavy atom. The van der Waals surface area contributed by atoms with E-state index >= 15 is 0 Å². The molecule has 0 aliphatic heterocycles. The van der Waals surface area contributed by atoms with Crippen LogP contribution in [0.2, 0.25) is 0 Å². The van der Waals surface area contributed by atoms with Gasteiger partial charge in [-0.25, -0.2) is 0 Å². The van der Waals surface area contributed by atoms with Gasteiger partial charge in [-0.1, -0.05) is 12.1 Å². The van der Waals surface area contributed by atoms with E-state index in [2.05, 4.69) is 20.4 Å². The van der Waals surface area contributed by atoms with Crippen molar-refractivity contribution in [2.75, 3.05) is 27.7 Å². The van der Waals surface area contributed by atoms with Gasteiger partial charge in [-0.3, -0.25) is 9.89 Å². The Morgan fingerprint density at radius 1 is 1.31 bits per heavy atom. The number of ether oxygens (including phenoxy) is 1. The van der Waals surface area contributed by atoms with Crippen LogP contribution in [0.1, 0.15) is 22.1 Å². The Labute approximate surface area is 152 Å². The van der Waals surface area contributed by atoms with Gasteiger partial charge in [-0.15, -0.1) is 0 Å². The average Bonchev–Trinajstić information content (AvgIpc) is 3.33. The van der Waals surface area contributed by atoms with Gasteiger partial charge in [0, 0.05) is 12.6 Å². The number of nitrogens with zero attached hydrogens (tertiary/aromatic N) is 2. The molecular weight excluding hydrogens is 332 g/mol. The number of rotatable bonds is 7. The number of likely N-dealkylation sites (N-methyl/N-ethyl adjacent to an activating group) is 1. The van der Waals surface area contributed by atoms with Gasteiger partial charge in [0.25, 0.3) is 5.91 Å². The highest BCUT2D eigenvalue weighted by atomic mass is 16.5. The molecule has 1 unspecified atom stereocenters. The van der Waals surface area contributed by atoms with Gasteiger partial charge in [-0.05, 0) is 43.9 Å². The zero-order chi connectivity index (χ0) is 18.5. The minimum absolute atomic E-state index is 0.0355. The standard InChI is InChI=1S/C19H22N4O3/c1-23(2)17(13-6-8-14(25-3)9-7-13)12-20-19(24)16-11-15(21-22-16)18-5-4-10-26-18/h4-11,17H,12H2,1-3H3,(H,20,24)(H,21,22). The number of hydrogen-bond donors (Lipinski definition) is 2. The summed E-state index contributed by atoms with van der Waals surface area (Å²) in [7, 11) is 5.59. The van der Waals surface area contributed by atoms with E-state index in [9.17, 15) is 4.79 Å². The zero-order valence-electron chi connectivity index (χ0n) is 15.0. The number of furan rings is 1. The number of H-pyrrole nitrogens is 1. The molecule has 0 saturated carbocycles. The van der Waals surface area contributed by atoms with Crippen LogP contribution >= 0.6 is 0 Å². The number of carbonyl (C=O) groups excluding carboxylic acids is 1. The second-order valence-corrected chi connectivity index (χ2v) is 6.11. The average molecular weight is 354 g/mol. The van der Waals surface area contributed by atoms with Crippen molar-refractivity contribution >= 4 is 5.91 Å². The summed E-state index contributed by atoms with van der Waals surface area (Å²) < 4.78 is 10.5. The fraction of sp³-hybridized carbons (Fsp3) is 0.263. The molecule has 1 aromatic carbocycles. The Balaban J connectivity index is 1.66. The van der Waals surface area contributed by atoms with Crippen LogP contribution in [0.4, 0.5) is 0 Å². The Bertz CT molecular complexity index is 838. The third kappa shape index (κ3) is 3.94. The first-order valence-electron chi connectivity index (χ1n) is 8.26. The first-order valence-corrected chi connectivity index (χ1v) is 8.26. The summed E-state index contributed by atoms with van der Waals surface area (Å²) in [5, 5.41) is 9.82. The SMILES string of the molecule is COc1ccc(C(CNC(=O)c2cc(-c3ccco3)[nH]n2)N(C)C)cc1. The molecule has 7 heteroatoms. The number of methoxy groups -OCH3 is 1. The number of hydrogen-bond acceptors (Lipinski definition) is 5. The van der Waals surface area contributed by atoms with E-state index in [0.717, 1.165) is 11.3 Å². The summed E-state index contributed by atoms with van der Waals surface area (Å²) in [6.07, 6.45) is 1.58. The quantitative estimate of drug-likeness (QED) is 0.682. The van der Waals surface area contributed by atoms with Crippen LogP contribution in [0.5, 0.6) is 5.75 Å². The number of carbonyl (C=O) groups is 1. The van der Waals surface area contributed by atoms with E-state index < -0.39 is 0 Å². The van der Waals surface area contributed by atoms with Crippen molar-refractivity contribution in [3.8, 4) is 17.2 Å². The predicted octanol–water partition coefficient (Wildman–Crippen LogP) is 2.71. The summed E-state index contributed by atoms with van der Waals surface area (Å²) in [5.41, 5.74) is 2.08. The predicted molar refractivity (Wildman–Crippen MR) is 98.0 cm³/mol. The van der Waals surface area contributed by atoms with Gasteiger partial charge in [0.05, 0.1) is 19.4 Å². The number of aromatic amines is 1. The molecule has 1 amide bonds. The van der Waals surface area contributed by atoms with Crippen molar-refractivity contribution in [1.82, 2.24) is 20.4 Å². The first kappa shape index (κ1) is 17.8. The summed E-state index contributed by atoms with van der Waals surface area (Å²) in [6, 6.07) is 13.1. The molecule has 2 heterocycles. The smallest absolute Gasteiger partial charge is 0.271 e. The second-order valence-electron chi connectivity index (χ2n) is 6.11. The monoisotopic (exact) mass is 354 g/mol. The first-order chi connectivity index (χ1) is 12.6. The Hall–Kier alpha value is -3.06. The Morgan fingerprint density at radius 2 is 2.08 bits per heavy atom. The van der Waals surface area contributed by atoms with E-state index in [1.165, 1.54) is 0 Å². The molecule has 3 aromatic rings. The molecule has 136 valence electrons. The largest absolute Gasteiger partial charge is 0.497 e. The van der Waals surface area contributed by atoms with Crippen molar-refractivity contribution in [3.05, 3.63) is 60.0 Å². The van der Waals surface area contributed by atoms with Crippen LogP contribution in [0.25, 0.3) is 11.5 Å². The molecule has 0 aliphatic carbocycles. The van der Waals surface area contributed by atoms with E-state index in [1.54, 1.807) is 31.6 Å². The molecule has 2 N–H and O–H groups in total. The minimum atomic E-state index is -0.237. The molecule has 3 rings (SSSR count). The highest BCUT2D eigenvalue weighted by molar-refractivity contribution is 5.93. The van der Waals surface area contributed by atoms with Gasteiger partial charge < -0.3 is 19.4 Å². The fourth-order valence-corrected chi connectivity index (χ4v) is 2.70. The number of benzene rings is 1. The van der Waals surface area contributed by atoms with Crippen molar-refractivity contribution in [2.45, 2.75) is 6.04 Å². The third-order valence-corrected chi connectivity index (χ3v) is 4.18. The maximum absolute atomic E-state index is 12.4. The van der Waals surface area contributed by atoms with Gasteiger partial charge in [0.1, 0.15) is 11.4 Å². The van der Waals surface area contributed by atoms with E-state index in [0.29, 0.717) is 23.7 Å². The van der Waals surface area contributed by atoms with Crippen LogP contribution < -0.4 is 10.1 Å². The maximum atomic E-state index is 12.4. The highest BCUT2D eigenvalue weighted by Gasteiger charge is 2.18. The minimum Gasteiger partial charge on any atom is -0.497 e. The topological polar surface area (TPSA) is 83.4 Å². The third-order valence-electron chi connectivity index (χ3n) is 4.18. The molecular formula is C19H22N4O3.